The fourth-order valence-corrected chi connectivity index (χ4v) is 0.784. The fraction of sp³-hybridized carbons (Fsp3) is 0.625. The zero-order valence-electron chi connectivity index (χ0n) is 6.06. The van der Waals surface area contributed by atoms with Crippen molar-refractivity contribution in [2.75, 3.05) is 0 Å². The Bertz CT molecular complexity index is 99.1. The van der Waals surface area contributed by atoms with Gasteiger partial charge in [-0.3, -0.25) is 0 Å². The SMILES string of the molecule is CCCCCC=C=CP. The molecule has 0 rings (SSSR count). The van der Waals surface area contributed by atoms with E-state index in [4.69, 9.17) is 0 Å². The van der Waals surface area contributed by atoms with E-state index in [1.54, 1.807) is 0 Å². The quantitative estimate of drug-likeness (QED) is 0.321. The van der Waals surface area contributed by atoms with Crippen LogP contribution in [-0.4, -0.2) is 0 Å². The average Bonchev–Trinajstić information content (AvgIpc) is 1.89. The number of rotatable bonds is 4. The summed E-state index contributed by atoms with van der Waals surface area (Å²) in [5.74, 6) is 1.87. The maximum Gasteiger partial charge on any atom is -0.0250 e. The minimum atomic E-state index is 1.18. The minimum absolute atomic E-state index is 1.18. The lowest BCUT2D eigenvalue weighted by atomic mass is 10.2. The average molecular weight is 142 g/mol. The van der Waals surface area contributed by atoms with Gasteiger partial charge in [0.1, 0.15) is 0 Å². The molecule has 0 saturated heterocycles. The van der Waals surface area contributed by atoms with Crippen LogP contribution in [0.15, 0.2) is 17.6 Å². The van der Waals surface area contributed by atoms with Gasteiger partial charge in [-0.25, -0.2) is 0 Å². The summed E-state index contributed by atoms with van der Waals surface area (Å²) in [6.45, 7) is 2.22. The highest BCUT2D eigenvalue weighted by molar-refractivity contribution is 7.20. The summed E-state index contributed by atoms with van der Waals surface area (Å²) >= 11 is 0. The molecule has 0 aliphatic rings. The Morgan fingerprint density at radius 3 is 2.78 bits per heavy atom. The van der Waals surface area contributed by atoms with Crippen LogP contribution in [0.1, 0.15) is 32.6 Å². The first-order valence-electron chi connectivity index (χ1n) is 3.53. The largest absolute Gasteiger partial charge is 0.125 e. The molecule has 0 aromatic rings. The lowest BCUT2D eigenvalue weighted by molar-refractivity contribution is 0.729. The van der Waals surface area contributed by atoms with Crippen molar-refractivity contribution in [3.05, 3.63) is 17.6 Å². The molecule has 52 valence electrons. The van der Waals surface area contributed by atoms with Gasteiger partial charge in [-0.15, -0.1) is 15.0 Å². The summed E-state index contributed by atoms with van der Waals surface area (Å²) in [7, 11) is 2.51. The summed E-state index contributed by atoms with van der Waals surface area (Å²) in [5, 5.41) is 0. The normalized spacial score (nSPS) is 8.22. The zero-order chi connectivity index (χ0) is 6.95. The van der Waals surface area contributed by atoms with E-state index in [-0.39, 0.29) is 0 Å². The number of unbranched alkanes of at least 4 members (excludes halogenated alkanes) is 3. The van der Waals surface area contributed by atoms with Gasteiger partial charge >= 0.3 is 0 Å². The van der Waals surface area contributed by atoms with E-state index in [0.717, 1.165) is 0 Å². The van der Waals surface area contributed by atoms with Crippen molar-refractivity contribution in [1.29, 1.82) is 0 Å². The topological polar surface area (TPSA) is 0 Å². The molecular formula is C8H15P. The molecule has 1 heteroatoms. The van der Waals surface area contributed by atoms with Crippen LogP contribution in [0.3, 0.4) is 0 Å². The summed E-state index contributed by atoms with van der Waals surface area (Å²) in [6.07, 6.45) is 7.22. The van der Waals surface area contributed by atoms with Crippen LogP contribution in [0.2, 0.25) is 0 Å². The molecule has 0 amide bonds. The van der Waals surface area contributed by atoms with Crippen LogP contribution in [0, 0.1) is 0 Å². The third-order valence-electron chi connectivity index (χ3n) is 1.17. The molecule has 0 aromatic carbocycles. The predicted octanol–water partition coefficient (Wildman–Crippen LogP) is 3.11. The summed E-state index contributed by atoms with van der Waals surface area (Å²) in [5.41, 5.74) is 3.02. The van der Waals surface area contributed by atoms with Crippen molar-refractivity contribution in [3.8, 4) is 0 Å². The molecule has 0 aliphatic heterocycles. The molecule has 0 aliphatic carbocycles. The van der Waals surface area contributed by atoms with Crippen molar-refractivity contribution in [2.24, 2.45) is 0 Å². The first-order chi connectivity index (χ1) is 4.41. The standard InChI is InChI=1S/C8H15P/c1-2-3-4-5-6-7-8-9/h6,8H,2-5,9H2,1H3. The molecule has 0 aromatic heterocycles. The maximum atomic E-state index is 3.02. The van der Waals surface area contributed by atoms with Crippen molar-refractivity contribution in [2.45, 2.75) is 32.6 Å². The van der Waals surface area contributed by atoms with E-state index in [1.807, 2.05) is 5.82 Å². The Morgan fingerprint density at radius 2 is 2.22 bits per heavy atom. The molecule has 0 heterocycles. The molecule has 0 nitrogen and oxygen atoms in total. The van der Waals surface area contributed by atoms with E-state index in [1.165, 1.54) is 25.7 Å². The van der Waals surface area contributed by atoms with Gasteiger partial charge < -0.3 is 0 Å². The Balaban J connectivity index is 3.00. The maximum absolute atomic E-state index is 3.02. The van der Waals surface area contributed by atoms with Gasteiger partial charge in [0.25, 0.3) is 0 Å². The van der Waals surface area contributed by atoms with Gasteiger partial charge in [-0.2, -0.15) is 0 Å². The Morgan fingerprint density at radius 1 is 1.44 bits per heavy atom. The lowest BCUT2D eigenvalue weighted by Crippen LogP contribution is -1.68. The summed E-state index contributed by atoms with van der Waals surface area (Å²) in [6, 6.07) is 0. The molecule has 0 radical (unpaired) electrons. The van der Waals surface area contributed by atoms with Crippen LogP contribution in [0.4, 0.5) is 0 Å². The third-order valence-corrected chi connectivity index (χ3v) is 1.36. The van der Waals surface area contributed by atoms with Gasteiger partial charge in [0.2, 0.25) is 0 Å². The van der Waals surface area contributed by atoms with Crippen molar-refractivity contribution in [3.63, 3.8) is 0 Å². The molecule has 0 bridgehead atoms. The second-order valence-electron chi connectivity index (χ2n) is 2.03. The fourth-order valence-electron chi connectivity index (χ4n) is 0.648. The Hall–Kier alpha value is -0.0500. The summed E-state index contributed by atoms with van der Waals surface area (Å²) < 4.78 is 0. The van der Waals surface area contributed by atoms with Crippen LogP contribution in [0.25, 0.3) is 0 Å². The van der Waals surface area contributed by atoms with E-state index >= 15 is 0 Å². The molecule has 0 fully saturated rings. The smallest absolute Gasteiger partial charge is 0.0250 e. The first kappa shape index (κ1) is 8.95. The zero-order valence-corrected chi connectivity index (χ0v) is 7.22. The van der Waals surface area contributed by atoms with E-state index < -0.39 is 0 Å². The monoisotopic (exact) mass is 142 g/mol. The molecular weight excluding hydrogens is 127 g/mol. The summed E-state index contributed by atoms with van der Waals surface area (Å²) in [4.78, 5) is 0. The highest BCUT2D eigenvalue weighted by Gasteiger charge is 1.78. The van der Waals surface area contributed by atoms with Gasteiger partial charge in [0.05, 0.1) is 0 Å². The Kier molecular flexibility index (Phi) is 7.91. The van der Waals surface area contributed by atoms with Crippen molar-refractivity contribution in [1.82, 2.24) is 0 Å². The van der Waals surface area contributed by atoms with E-state index in [9.17, 15) is 0 Å². The van der Waals surface area contributed by atoms with Crippen molar-refractivity contribution < 1.29 is 0 Å². The Labute approximate surface area is 60.2 Å². The highest BCUT2D eigenvalue weighted by atomic mass is 31.0. The lowest BCUT2D eigenvalue weighted by Gasteiger charge is -1.87. The second kappa shape index (κ2) is 7.95. The van der Waals surface area contributed by atoms with Gasteiger partial charge in [0, 0.05) is 0 Å². The third kappa shape index (κ3) is 7.95. The molecule has 9 heavy (non-hydrogen) atoms. The van der Waals surface area contributed by atoms with Crippen LogP contribution < -0.4 is 0 Å². The number of hydrogen-bond donors (Lipinski definition) is 0. The number of hydrogen-bond acceptors (Lipinski definition) is 0. The van der Waals surface area contributed by atoms with Crippen LogP contribution >= 0.6 is 9.24 Å². The van der Waals surface area contributed by atoms with E-state index in [2.05, 4.69) is 28.0 Å². The molecule has 1 atom stereocenters. The first-order valence-corrected chi connectivity index (χ1v) is 4.19. The molecule has 1 unspecified atom stereocenters. The van der Waals surface area contributed by atoms with Gasteiger partial charge in [-0.1, -0.05) is 19.8 Å². The minimum Gasteiger partial charge on any atom is -0.125 e. The number of allylic oxidation sites excluding steroid dienone is 1. The van der Waals surface area contributed by atoms with Gasteiger partial charge in [-0.05, 0) is 24.7 Å². The van der Waals surface area contributed by atoms with Crippen LogP contribution in [0.5, 0.6) is 0 Å². The molecule has 0 spiro atoms. The van der Waals surface area contributed by atoms with Gasteiger partial charge in [0.15, 0.2) is 0 Å². The predicted molar refractivity (Wildman–Crippen MR) is 46.5 cm³/mol. The van der Waals surface area contributed by atoms with Crippen LogP contribution in [-0.2, 0) is 0 Å². The molecule has 0 saturated carbocycles. The second-order valence-corrected chi connectivity index (χ2v) is 2.37. The highest BCUT2D eigenvalue weighted by Crippen LogP contribution is 1.98. The van der Waals surface area contributed by atoms with E-state index in [0.29, 0.717) is 0 Å². The van der Waals surface area contributed by atoms with Crippen molar-refractivity contribution >= 4 is 9.24 Å². The molecule has 0 N–H and O–H groups in total.